The van der Waals surface area contributed by atoms with E-state index in [0.717, 1.165) is 11.8 Å². The van der Waals surface area contributed by atoms with Crippen LogP contribution in [0.1, 0.15) is 16.1 Å². The second-order valence-corrected chi connectivity index (χ2v) is 3.52. The number of hydrogen-bond acceptors (Lipinski definition) is 5. The fourth-order valence-electron chi connectivity index (χ4n) is 1.28. The third kappa shape index (κ3) is 3.56. The molecule has 7 nitrogen and oxygen atoms in total. The molecule has 1 amide bonds. The first-order valence-corrected chi connectivity index (χ1v) is 5.32. The number of anilines is 1. The van der Waals surface area contributed by atoms with Gasteiger partial charge in [0.05, 0.1) is 6.20 Å². The number of aromatic carboxylic acids is 1. The number of amides is 1. The van der Waals surface area contributed by atoms with Crippen LogP contribution >= 0.6 is 0 Å². The highest BCUT2D eigenvalue weighted by Gasteiger charge is 2.13. The van der Waals surface area contributed by atoms with Gasteiger partial charge in [0.1, 0.15) is 6.61 Å². The molecule has 2 rings (SSSR count). The number of benzene rings is 1. The molecule has 2 aromatic rings. The Bertz CT molecular complexity index is 579. The fourth-order valence-corrected chi connectivity index (χ4v) is 1.28. The first-order chi connectivity index (χ1) is 9.15. The number of carbonyl (C=O) groups is 2. The lowest BCUT2D eigenvalue weighted by Gasteiger charge is -2.03. The van der Waals surface area contributed by atoms with Crippen LogP contribution in [0.4, 0.5) is 10.8 Å². The van der Waals surface area contributed by atoms with E-state index in [1.165, 1.54) is 0 Å². The van der Waals surface area contributed by atoms with Crippen LogP contribution in [0.2, 0.25) is 0 Å². The maximum Gasteiger partial charge on any atom is 0.415 e. The minimum absolute atomic E-state index is 0.0964. The standard InChI is InChI=1S/C12H10N2O5/c15-10(16)9-6-13-11(19-9)14-12(17)18-7-8-4-2-1-3-5-8/h1-6H,7H2,(H,15,16)(H,13,14,17). The van der Waals surface area contributed by atoms with E-state index < -0.39 is 12.1 Å². The highest BCUT2D eigenvalue weighted by atomic mass is 16.6. The van der Waals surface area contributed by atoms with Crippen molar-refractivity contribution in [1.29, 1.82) is 0 Å². The lowest BCUT2D eigenvalue weighted by atomic mass is 10.2. The summed E-state index contributed by atoms with van der Waals surface area (Å²) in [6, 6.07) is 8.88. The number of carboxylic acid groups (broad SMARTS) is 1. The number of oxazole rings is 1. The molecule has 7 heteroatoms. The molecule has 2 N–H and O–H groups in total. The van der Waals surface area contributed by atoms with E-state index in [4.69, 9.17) is 14.3 Å². The van der Waals surface area contributed by atoms with Crippen molar-refractivity contribution in [3.8, 4) is 0 Å². The zero-order valence-corrected chi connectivity index (χ0v) is 9.70. The normalized spacial score (nSPS) is 9.89. The molecule has 0 radical (unpaired) electrons. The summed E-state index contributed by atoms with van der Waals surface area (Å²) in [4.78, 5) is 25.5. The monoisotopic (exact) mass is 262 g/mol. The summed E-state index contributed by atoms with van der Waals surface area (Å²) in [5, 5.41) is 10.8. The molecule has 1 heterocycles. The van der Waals surface area contributed by atoms with Crippen molar-refractivity contribution in [1.82, 2.24) is 4.98 Å². The van der Waals surface area contributed by atoms with Crippen molar-refractivity contribution in [3.05, 3.63) is 47.9 Å². The van der Waals surface area contributed by atoms with E-state index in [2.05, 4.69) is 10.3 Å². The maximum absolute atomic E-state index is 11.4. The number of aromatic nitrogens is 1. The van der Waals surface area contributed by atoms with Gasteiger partial charge in [0.15, 0.2) is 0 Å². The number of nitrogens with one attached hydrogen (secondary N) is 1. The number of carboxylic acids is 1. The third-order valence-electron chi connectivity index (χ3n) is 2.14. The van der Waals surface area contributed by atoms with Crippen molar-refractivity contribution in [2.24, 2.45) is 0 Å². The molecular formula is C12H10N2O5. The molecule has 1 aromatic heterocycles. The van der Waals surface area contributed by atoms with Crippen molar-refractivity contribution in [2.45, 2.75) is 6.61 Å². The molecule has 19 heavy (non-hydrogen) atoms. The second-order valence-electron chi connectivity index (χ2n) is 3.52. The molecule has 0 saturated heterocycles. The first-order valence-electron chi connectivity index (χ1n) is 5.32. The van der Waals surface area contributed by atoms with E-state index in [0.29, 0.717) is 0 Å². The van der Waals surface area contributed by atoms with Gasteiger partial charge in [0.2, 0.25) is 5.76 Å². The van der Waals surface area contributed by atoms with E-state index in [-0.39, 0.29) is 18.4 Å². The second kappa shape index (κ2) is 5.67. The minimum Gasteiger partial charge on any atom is -0.475 e. The highest BCUT2D eigenvalue weighted by Crippen LogP contribution is 2.09. The fraction of sp³-hybridized carbons (Fsp3) is 0.0833. The average Bonchev–Trinajstić information content (AvgIpc) is 2.86. The Balaban J connectivity index is 1.85. The third-order valence-corrected chi connectivity index (χ3v) is 2.14. The van der Waals surface area contributed by atoms with Crippen molar-refractivity contribution < 1.29 is 23.8 Å². The number of ether oxygens (including phenoxy) is 1. The van der Waals surface area contributed by atoms with Crippen LogP contribution in [0, 0.1) is 0 Å². The van der Waals surface area contributed by atoms with Crippen LogP contribution in [0.5, 0.6) is 0 Å². The lowest BCUT2D eigenvalue weighted by Crippen LogP contribution is -2.13. The van der Waals surface area contributed by atoms with Gasteiger partial charge in [-0.2, -0.15) is 0 Å². The Labute approximate surface area is 107 Å². The molecular weight excluding hydrogens is 252 g/mol. The summed E-state index contributed by atoms with van der Waals surface area (Å²) in [5.41, 5.74) is 0.830. The van der Waals surface area contributed by atoms with Gasteiger partial charge in [-0.15, -0.1) is 0 Å². The summed E-state index contributed by atoms with van der Waals surface area (Å²) < 4.78 is 9.65. The van der Waals surface area contributed by atoms with Crippen LogP contribution in [-0.2, 0) is 11.3 Å². The summed E-state index contributed by atoms with van der Waals surface area (Å²) in [7, 11) is 0. The molecule has 0 fully saturated rings. The Morgan fingerprint density at radius 2 is 2.05 bits per heavy atom. The summed E-state index contributed by atoms with van der Waals surface area (Å²) in [5.74, 6) is -1.63. The van der Waals surface area contributed by atoms with Crippen LogP contribution in [-0.4, -0.2) is 22.2 Å². The summed E-state index contributed by atoms with van der Waals surface area (Å²) in [6.07, 6.45) is 0.220. The molecule has 0 aliphatic carbocycles. The van der Waals surface area contributed by atoms with Gasteiger partial charge < -0.3 is 14.3 Å². The van der Waals surface area contributed by atoms with E-state index in [1.807, 2.05) is 18.2 Å². The van der Waals surface area contributed by atoms with Crippen molar-refractivity contribution in [3.63, 3.8) is 0 Å². The van der Waals surface area contributed by atoms with Gasteiger partial charge in [-0.25, -0.2) is 19.9 Å². The summed E-state index contributed by atoms with van der Waals surface area (Å²) in [6.45, 7) is 0.0964. The molecule has 1 aromatic carbocycles. The van der Waals surface area contributed by atoms with Crippen LogP contribution < -0.4 is 5.32 Å². The Morgan fingerprint density at radius 1 is 1.32 bits per heavy atom. The predicted octanol–water partition coefficient (Wildman–Crippen LogP) is 2.12. The zero-order chi connectivity index (χ0) is 13.7. The highest BCUT2D eigenvalue weighted by molar-refractivity contribution is 5.85. The minimum atomic E-state index is -1.27. The lowest BCUT2D eigenvalue weighted by molar-refractivity contribution is 0.0663. The van der Waals surface area contributed by atoms with Crippen molar-refractivity contribution >= 4 is 18.1 Å². The number of carbonyl (C=O) groups excluding carboxylic acids is 1. The molecule has 0 bridgehead atoms. The molecule has 0 aliphatic heterocycles. The van der Waals surface area contributed by atoms with Crippen LogP contribution in [0.3, 0.4) is 0 Å². The van der Waals surface area contributed by atoms with E-state index >= 15 is 0 Å². The van der Waals surface area contributed by atoms with E-state index in [9.17, 15) is 9.59 Å². The molecule has 0 atom stereocenters. The molecule has 0 saturated carbocycles. The smallest absolute Gasteiger partial charge is 0.415 e. The van der Waals surface area contributed by atoms with Gasteiger partial charge in [-0.1, -0.05) is 30.3 Å². The maximum atomic E-state index is 11.4. The van der Waals surface area contributed by atoms with Crippen LogP contribution in [0.15, 0.2) is 40.9 Å². The largest absolute Gasteiger partial charge is 0.475 e. The quantitative estimate of drug-likeness (QED) is 0.875. The number of hydrogen-bond donors (Lipinski definition) is 2. The van der Waals surface area contributed by atoms with Gasteiger partial charge >= 0.3 is 18.1 Å². The van der Waals surface area contributed by atoms with Gasteiger partial charge in [0.25, 0.3) is 0 Å². The Morgan fingerprint density at radius 3 is 2.68 bits per heavy atom. The zero-order valence-electron chi connectivity index (χ0n) is 9.70. The topological polar surface area (TPSA) is 102 Å². The average molecular weight is 262 g/mol. The van der Waals surface area contributed by atoms with Gasteiger partial charge in [-0.05, 0) is 5.56 Å². The van der Waals surface area contributed by atoms with Crippen LogP contribution in [0.25, 0.3) is 0 Å². The summed E-state index contributed by atoms with van der Waals surface area (Å²) >= 11 is 0. The van der Waals surface area contributed by atoms with Crippen molar-refractivity contribution in [2.75, 3.05) is 5.32 Å². The number of nitrogens with zero attached hydrogens (tertiary/aromatic N) is 1. The Hall–Kier alpha value is -2.83. The Kier molecular flexibility index (Phi) is 3.77. The van der Waals surface area contributed by atoms with Gasteiger partial charge in [-0.3, -0.25) is 0 Å². The van der Waals surface area contributed by atoms with Gasteiger partial charge in [0, 0.05) is 0 Å². The number of rotatable bonds is 4. The molecule has 0 spiro atoms. The van der Waals surface area contributed by atoms with E-state index in [1.54, 1.807) is 12.1 Å². The first kappa shape index (κ1) is 12.6. The molecule has 0 aliphatic rings. The SMILES string of the molecule is O=C(Nc1ncc(C(=O)O)o1)OCc1ccccc1. The molecule has 0 unspecified atom stereocenters. The molecule has 98 valence electrons. The predicted molar refractivity (Wildman–Crippen MR) is 63.7 cm³/mol.